The number of rotatable bonds is 7. The predicted molar refractivity (Wildman–Crippen MR) is 176 cm³/mol. The molecule has 11 N–H and O–H groups in total. The summed E-state index contributed by atoms with van der Waals surface area (Å²) in [4.78, 5) is 18.9. The summed E-state index contributed by atoms with van der Waals surface area (Å²) in [5, 5.41) is 11.0. The van der Waals surface area contributed by atoms with Gasteiger partial charge < -0.3 is 32.9 Å². The number of hydrogen-bond acceptors (Lipinski definition) is 11. The Morgan fingerprint density at radius 2 is 1.31 bits per heavy atom. The minimum atomic E-state index is -3.76. The molecule has 6 rings (SSSR count). The summed E-state index contributed by atoms with van der Waals surface area (Å²) in [6.07, 6.45) is 8.68. The maximum atomic E-state index is 13.0. The molecule has 0 bridgehead atoms. The highest BCUT2D eigenvalue weighted by molar-refractivity contribution is 7.92. The third-order valence-corrected chi connectivity index (χ3v) is 8.40. The largest absolute Gasteiger partial charge is 0.412 e. The Morgan fingerprint density at radius 3 is 1.88 bits per heavy atom. The first kappa shape index (κ1) is 34.4. The van der Waals surface area contributed by atoms with Gasteiger partial charge in [0.05, 0.1) is 22.3 Å². The van der Waals surface area contributed by atoms with E-state index in [0.29, 0.717) is 29.2 Å². The number of benzene rings is 2. The number of nitrogens with zero attached hydrogens (tertiary/aromatic N) is 6. The van der Waals surface area contributed by atoms with Gasteiger partial charge in [0.25, 0.3) is 10.0 Å². The number of H-pyrrole nitrogens is 1. The van der Waals surface area contributed by atoms with E-state index >= 15 is 0 Å². The fraction of sp³-hybridized carbons (Fsp3) is 0.385. The zero-order valence-corrected chi connectivity index (χ0v) is 25.1. The van der Waals surface area contributed by atoms with Gasteiger partial charge >= 0.3 is 0 Å². The highest BCUT2D eigenvalue weighted by Gasteiger charge is 2.21. The number of halogens is 1. The van der Waals surface area contributed by atoms with Gasteiger partial charge in [-0.3, -0.25) is 9.82 Å². The molecule has 2 aliphatic rings. The molecule has 2 saturated heterocycles. The summed E-state index contributed by atoms with van der Waals surface area (Å²) in [5.74, 6) is 1.85. The lowest BCUT2D eigenvalue weighted by molar-refractivity contribution is 0.556. The van der Waals surface area contributed by atoms with Gasteiger partial charge in [0.2, 0.25) is 17.8 Å². The molecule has 0 amide bonds. The van der Waals surface area contributed by atoms with E-state index in [0.717, 1.165) is 62.8 Å². The second kappa shape index (κ2) is 14.9. The van der Waals surface area contributed by atoms with E-state index in [1.807, 2.05) is 6.07 Å². The summed E-state index contributed by atoms with van der Waals surface area (Å²) < 4.78 is 28.6. The van der Waals surface area contributed by atoms with Crippen LogP contribution in [0, 0.1) is 0 Å². The van der Waals surface area contributed by atoms with Gasteiger partial charge in [0.15, 0.2) is 0 Å². The monoisotopic (exact) mass is 627 g/mol. The summed E-state index contributed by atoms with van der Waals surface area (Å²) in [6.45, 7) is 3.76. The van der Waals surface area contributed by atoms with Crippen molar-refractivity contribution < 1.29 is 18.2 Å². The average molecular weight is 628 g/mol. The molecule has 2 fully saturated rings. The Morgan fingerprint density at radius 1 is 0.762 bits per heavy atom. The van der Waals surface area contributed by atoms with Gasteiger partial charge in [0.1, 0.15) is 0 Å². The van der Waals surface area contributed by atoms with Crippen LogP contribution in [-0.2, 0) is 10.0 Å². The quantitative estimate of drug-likeness (QED) is 0.184. The van der Waals surface area contributed by atoms with E-state index in [1.54, 1.807) is 42.6 Å². The van der Waals surface area contributed by atoms with Crippen molar-refractivity contribution in [2.45, 2.75) is 43.4 Å². The van der Waals surface area contributed by atoms with Crippen LogP contribution in [-0.4, -0.2) is 65.2 Å². The van der Waals surface area contributed by atoms with Gasteiger partial charge in [-0.2, -0.15) is 20.1 Å². The van der Waals surface area contributed by atoms with Crippen LogP contribution >= 0.6 is 12.4 Å². The molecule has 2 aromatic heterocycles. The highest BCUT2D eigenvalue weighted by Crippen LogP contribution is 2.25. The first-order chi connectivity index (χ1) is 18.5. The topological polar surface area (TPSA) is 234 Å². The number of fused-ring (bicyclic) bond motifs is 1. The molecule has 4 aromatic rings. The lowest BCUT2D eigenvalue weighted by Crippen LogP contribution is -2.34. The normalized spacial score (nSPS) is 15.0. The molecule has 14 nitrogen and oxygen atoms in total. The van der Waals surface area contributed by atoms with Crippen LogP contribution in [0.25, 0.3) is 10.9 Å². The molecule has 4 heterocycles. The number of piperidine rings is 2. The molecule has 0 unspecified atom stereocenters. The van der Waals surface area contributed by atoms with E-state index in [9.17, 15) is 8.42 Å². The molecule has 0 saturated carbocycles. The van der Waals surface area contributed by atoms with Crippen molar-refractivity contribution in [1.29, 1.82) is 0 Å². The second-order valence-corrected chi connectivity index (χ2v) is 11.5. The fourth-order valence-corrected chi connectivity index (χ4v) is 5.99. The minimum absolute atomic E-state index is 0. The van der Waals surface area contributed by atoms with Gasteiger partial charge in [-0.15, -0.1) is 12.4 Å². The van der Waals surface area contributed by atoms with Crippen LogP contribution < -0.4 is 32.1 Å². The van der Waals surface area contributed by atoms with Crippen molar-refractivity contribution in [3.8, 4) is 0 Å². The van der Waals surface area contributed by atoms with E-state index in [1.165, 1.54) is 12.8 Å². The van der Waals surface area contributed by atoms with Crippen LogP contribution in [0.5, 0.6) is 0 Å². The van der Waals surface area contributed by atoms with Gasteiger partial charge in [0, 0.05) is 41.5 Å². The fourth-order valence-electron chi connectivity index (χ4n) is 4.94. The molecular formula is C26H46ClN11O3S. The number of hydrogen-bond donors (Lipinski definition) is 5. The van der Waals surface area contributed by atoms with E-state index in [4.69, 9.17) is 15.0 Å². The summed E-state index contributed by atoms with van der Waals surface area (Å²) in [6, 6.07) is 11.8. The van der Waals surface area contributed by atoms with Crippen molar-refractivity contribution >= 4 is 62.6 Å². The van der Waals surface area contributed by atoms with Crippen LogP contribution in [0.2, 0.25) is 0 Å². The highest BCUT2D eigenvalue weighted by atomic mass is 35.5. The van der Waals surface area contributed by atoms with Crippen LogP contribution in [0.4, 0.5) is 29.2 Å². The first-order valence-electron chi connectivity index (χ1n) is 13.1. The second-order valence-electron chi connectivity index (χ2n) is 9.78. The molecule has 0 radical (unpaired) electrons. The summed E-state index contributed by atoms with van der Waals surface area (Å²) in [5.41, 5.74) is 1.92. The van der Waals surface area contributed by atoms with E-state index in [2.05, 4.69) is 30.0 Å². The van der Waals surface area contributed by atoms with Gasteiger partial charge in [-0.1, -0.05) is 0 Å². The van der Waals surface area contributed by atoms with Crippen LogP contribution in [0.1, 0.15) is 42.8 Å². The molecule has 2 aliphatic heterocycles. The maximum absolute atomic E-state index is 13.0. The molecule has 0 atom stereocenters. The third-order valence-electron chi connectivity index (χ3n) is 7.00. The lowest BCUT2D eigenvalue weighted by atomic mass is 10.1. The average Bonchev–Trinajstić information content (AvgIpc) is 3.42. The van der Waals surface area contributed by atoms with Crippen molar-refractivity contribution in [3.63, 3.8) is 0 Å². The van der Waals surface area contributed by atoms with E-state index in [-0.39, 0.29) is 39.4 Å². The molecule has 16 heteroatoms. The van der Waals surface area contributed by atoms with Crippen molar-refractivity contribution in [1.82, 2.24) is 37.5 Å². The van der Waals surface area contributed by atoms with Gasteiger partial charge in [-0.05, 0) is 81.0 Å². The molecule has 236 valence electrons. The SMILES string of the molecule is Cl.N.N.O.O=S(=O)(Nc1ccc2cn[nH]c2c1)c1ccc(Nc2nc(N3CCCCC3)nc(N3CCCCC3)n2)cc1.[HH].[HH].[HH]. The Kier molecular flexibility index (Phi) is 12.2. The zero-order chi connectivity index (χ0) is 26.0. The number of aromatic amines is 1. The van der Waals surface area contributed by atoms with Crippen molar-refractivity contribution in [2.75, 3.05) is 46.0 Å². The maximum Gasteiger partial charge on any atom is 0.261 e. The Hall–Kier alpha value is -3.76. The smallest absolute Gasteiger partial charge is 0.261 e. The molecule has 0 spiro atoms. The van der Waals surface area contributed by atoms with Crippen LogP contribution in [0.3, 0.4) is 0 Å². The minimum Gasteiger partial charge on any atom is -0.412 e. The Bertz CT molecular complexity index is 1500. The van der Waals surface area contributed by atoms with Crippen molar-refractivity contribution in [3.05, 3.63) is 48.7 Å². The van der Waals surface area contributed by atoms with Gasteiger partial charge in [-0.25, -0.2) is 8.42 Å². The Balaban J connectivity index is 0. The number of anilines is 5. The molecule has 2 aromatic carbocycles. The summed E-state index contributed by atoms with van der Waals surface area (Å²) in [7, 11) is -3.76. The number of aromatic nitrogens is 5. The molecular weight excluding hydrogens is 582 g/mol. The van der Waals surface area contributed by atoms with E-state index < -0.39 is 10.0 Å². The van der Waals surface area contributed by atoms with Crippen molar-refractivity contribution in [2.24, 2.45) is 0 Å². The predicted octanol–water partition coefficient (Wildman–Crippen LogP) is 4.93. The Labute approximate surface area is 256 Å². The molecule has 42 heavy (non-hydrogen) atoms. The summed E-state index contributed by atoms with van der Waals surface area (Å²) >= 11 is 0. The lowest BCUT2D eigenvalue weighted by Gasteiger charge is -2.30. The zero-order valence-electron chi connectivity index (χ0n) is 23.4. The first-order valence-corrected chi connectivity index (χ1v) is 14.6. The standard InChI is InChI=1S/C26H31N9O2S.ClH.2H3N.H2O.3H2/c36-38(37,33-21-8-7-19-18-27-32-23(19)17-21)22-11-9-20(10-12-22)28-24-29-25(34-13-3-1-4-14-34)31-26(30-24)35-15-5-2-6-16-35;;;;;;;/h7-12,17-18,33H,1-6,13-16H2,(H,27,32)(H,28,29,30,31);1H;2*1H3;1H2;3*1H. The van der Waals surface area contributed by atoms with Crippen LogP contribution in [0.15, 0.2) is 53.6 Å². The number of sulfonamides is 1. The number of nitrogens with one attached hydrogen (secondary N) is 3. The molecule has 0 aliphatic carbocycles. The third kappa shape index (κ3) is 7.74.